The first-order valence-electron chi connectivity index (χ1n) is 10.7. The summed E-state index contributed by atoms with van der Waals surface area (Å²) in [6.07, 6.45) is 3.29. The minimum atomic E-state index is -0.0662. The number of carbonyl (C=O) groups is 3. The molecular formula is C25H25Cl3O3S. The second-order valence-electron chi connectivity index (χ2n) is 7.71. The molecule has 1 heterocycles. The molecular weight excluding hydrogens is 487 g/mol. The van der Waals surface area contributed by atoms with E-state index in [-0.39, 0.29) is 17.3 Å². The number of ketones is 3. The Labute approximate surface area is 208 Å². The van der Waals surface area contributed by atoms with Crippen LogP contribution in [0.5, 0.6) is 0 Å². The predicted octanol–water partition coefficient (Wildman–Crippen LogP) is 7.35. The number of halogens is 3. The lowest BCUT2D eigenvalue weighted by molar-refractivity contribution is 0.0947. The summed E-state index contributed by atoms with van der Waals surface area (Å²) in [6, 6.07) is 9.42. The molecule has 3 nitrogen and oxygen atoms in total. The van der Waals surface area contributed by atoms with Crippen LogP contribution < -0.4 is 0 Å². The van der Waals surface area contributed by atoms with Gasteiger partial charge in [-0.25, -0.2) is 0 Å². The molecule has 0 spiro atoms. The van der Waals surface area contributed by atoms with Crippen molar-refractivity contribution in [3.63, 3.8) is 0 Å². The summed E-state index contributed by atoms with van der Waals surface area (Å²) in [4.78, 5) is 40.6. The van der Waals surface area contributed by atoms with E-state index in [1.165, 1.54) is 0 Å². The Morgan fingerprint density at radius 2 is 1.34 bits per heavy atom. The van der Waals surface area contributed by atoms with Crippen molar-refractivity contribution in [1.29, 1.82) is 0 Å². The van der Waals surface area contributed by atoms with Crippen LogP contribution in [-0.2, 0) is 6.42 Å². The van der Waals surface area contributed by atoms with Crippen molar-refractivity contribution in [2.75, 3.05) is 17.6 Å². The molecule has 0 aromatic heterocycles. The highest BCUT2D eigenvalue weighted by molar-refractivity contribution is 7.99. The molecule has 2 aromatic rings. The Balaban J connectivity index is 2.00. The van der Waals surface area contributed by atoms with Gasteiger partial charge in [-0.3, -0.25) is 14.4 Å². The Hall–Kier alpha value is -1.33. The number of fused-ring (bicyclic) bond motifs is 2. The molecule has 0 amide bonds. The lowest BCUT2D eigenvalue weighted by Gasteiger charge is -2.23. The second kappa shape index (κ2) is 12.2. The number of carbonyl (C=O) groups excluding carboxylic acids is 3. The van der Waals surface area contributed by atoms with Gasteiger partial charge in [0.25, 0.3) is 0 Å². The molecule has 3 rings (SSSR count). The number of benzene rings is 2. The van der Waals surface area contributed by atoms with Gasteiger partial charge in [-0.15, -0.1) is 34.8 Å². The van der Waals surface area contributed by atoms with E-state index in [0.717, 1.165) is 20.9 Å². The first kappa shape index (κ1) is 25.3. The number of rotatable bonds is 12. The monoisotopic (exact) mass is 510 g/mol. The quantitative estimate of drug-likeness (QED) is 0.188. The van der Waals surface area contributed by atoms with Gasteiger partial charge < -0.3 is 0 Å². The van der Waals surface area contributed by atoms with E-state index in [4.69, 9.17) is 34.8 Å². The molecule has 0 bridgehead atoms. The third kappa shape index (κ3) is 5.96. The summed E-state index contributed by atoms with van der Waals surface area (Å²) in [5.41, 5.74) is 3.48. The number of hydrogen-bond donors (Lipinski definition) is 0. The standard InChI is InChI=1S/C25H25Cl3O3S/c26-11-1-4-20(29)16-7-9-23-17(14-16)15-19-24(32-23)10-8-18(21(30)5-2-12-27)25(19)22(31)6-3-13-28/h7-10,14H,1-6,11-13,15H2. The predicted molar refractivity (Wildman–Crippen MR) is 133 cm³/mol. The number of alkyl halides is 3. The fourth-order valence-electron chi connectivity index (χ4n) is 3.84. The van der Waals surface area contributed by atoms with Gasteiger partial charge in [0.15, 0.2) is 17.3 Å². The van der Waals surface area contributed by atoms with Crippen LogP contribution in [0.1, 0.15) is 80.7 Å². The van der Waals surface area contributed by atoms with E-state index in [9.17, 15) is 14.4 Å². The Morgan fingerprint density at radius 3 is 2.00 bits per heavy atom. The highest BCUT2D eigenvalue weighted by atomic mass is 35.5. The average Bonchev–Trinajstić information content (AvgIpc) is 2.81. The van der Waals surface area contributed by atoms with Crippen LogP contribution in [0.2, 0.25) is 0 Å². The van der Waals surface area contributed by atoms with Gasteiger partial charge in [-0.2, -0.15) is 0 Å². The van der Waals surface area contributed by atoms with Crippen LogP contribution in [0.25, 0.3) is 0 Å². The lowest BCUT2D eigenvalue weighted by Crippen LogP contribution is -2.16. The zero-order valence-electron chi connectivity index (χ0n) is 17.7. The summed E-state index contributed by atoms with van der Waals surface area (Å²) in [5, 5.41) is 0. The van der Waals surface area contributed by atoms with Crippen molar-refractivity contribution < 1.29 is 14.4 Å². The van der Waals surface area contributed by atoms with Crippen molar-refractivity contribution in [3.05, 3.63) is 58.1 Å². The van der Waals surface area contributed by atoms with E-state index >= 15 is 0 Å². The number of hydrogen-bond acceptors (Lipinski definition) is 4. The van der Waals surface area contributed by atoms with Gasteiger partial charge in [0.1, 0.15) is 0 Å². The smallest absolute Gasteiger partial charge is 0.163 e. The van der Waals surface area contributed by atoms with Crippen molar-refractivity contribution in [2.24, 2.45) is 0 Å². The zero-order valence-corrected chi connectivity index (χ0v) is 20.8. The van der Waals surface area contributed by atoms with E-state index in [2.05, 4.69) is 0 Å². The molecule has 0 saturated carbocycles. The van der Waals surface area contributed by atoms with Crippen molar-refractivity contribution in [1.82, 2.24) is 0 Å². The summed E-state index contributed by atoms with van der Waals surface area (Å²) in [5.74, 6) is 1.18. The van der Waals surface area contributed by atoms with Crippen LogP contribution in [0.15, 0.2) is 40.1 Å². The van der Waals surface area contributed by atoms with Crippen LogP contribution >= 0.6 is 46.6 Å². The van der Waals surface area contributed by atoms with Gasteiger partial charge in [0.05, 0.1) is 0 Å². The van der Waals surface area contributed by atoms with E-state index in [0.29, 0.717) is 79.3 Å². The maximum atomic E-state index is 13.2. The molecule has 1 aliphatic rings. The second-order valence-corrected chi connectivity index (χ2v) is 9.93. The molecule has 32 heavy (non-hydrogen) atoms. The van der Waals surface area contributed by atoms with Crippen molar-refractivity contribution in [3.8, 4) is 0 Å². The topological polar surface area (TPSA) is 51.2 Å². The van der Waals surface area contributed by atoms with E-state index < -0.39 is 0 Å². The highest BCUT2D eigenvalue weighted by Gasteiger charge is 2.27. The van der Waals surface area contributed by atoms with Gasteiger partial charge in [0.2, 0.25) is 0 Å². The first-order chi connectivity index (χ1) is 15.5. The average molecular weight is 512 g/mol. The van der Waals surface area contributed by atoms with E-state index in [1.54, 1.807) is 17.8 Å². The van der Waals surface area contributed by atoms with Gasteiger partial charge in [-0.05, 0) is 54.7 Å². The largest absolute Gasteiger partial charge is 0.294 e. The maximum Gasteiger partial charge on any atom is 0.163 e. The molecule has 0 saturated heterocycles. The molecule has 2 aromatic carbocycles. The van der Waals surface area contributed by atoms with Crippen LogP contribution in [0, 0.1) is 0 Å². The SMILES string of the molecule is O=C(CCCCl)c1ccc2c(c1)Cc1c(ccc(C(=O)CCCCl)c1C(=O)CCCCl)S2. The molecule has 0 aliphatic carbocycles. The van der Waals surface area contributed by atoms with Crippen molar-refractivity contribution in [2.45, 2.75) is 54.7 Å². The van der Waals surface area contributed by atoms with Crippen LogP contribution in [-0.4, -0.2) is 35.0 Å². The van der Waals surface area contributed by atoms with Gasteiger partial charge >= 0.3 is 0 Å². The van der Waals surface area contributed by atoms with Crippen molar-refractivity contribution >= 4 is 63.9 Å². The van der Waals surface area contributed by atoms with Gasteiger partial charge in [-0.1, -0.05) is 17.8 Å². The summed E-state index contributed by atoms with van der Waals surface area (Å²) in [6.45, 7) is 0. The Morgan fingerprint density at radius 1 is 0.750 bits per heavy atom. The molecule has 0 unspecified atom stereocenters. The van der Waals surface area contributed by atoms with E-state index in [1.807, 2.05) is 24.3 Å². The molecule has 1 aliphatic heterocycles. The fourth-order valence-corrected chi connectivity index (χ4v) is 5.31. The maximum absolute atomic E-state index is 13.2. The molecule has 170 valence electrons. The zero-order chi connectivity index (χ0) is 23.1. The van der Waals surface area contributed by atoms with Crippen LogP contribution in [0.3, 0.4) is 0 Å². The fraction of sp³-hybridized carbons (Fsp3) is 0.400. The summed E-state index contributed by atoms with van der Waals surface area (Å²) >= 11 is 18.9. The summed E-state index contributed by atoms with van der Waals surface area (Å²) < 4.78 is 0. The Kier molecular flexibility index (Phi) is 9.66. The lowest BCUT2D eigenvalue weighted by atomic mass is 9.88. The third-order valence-electron chi connectivity index (χ3n) is 5.43. The van der Waals surface area contributed by atoms with Gasteiger partial charge in [0, 0.05) is 69.8 Å². The highest BCUT2D eigenvalue weighted by Crippen LogP contribution is 2.42. The van der Waals surface area contributed by atoms with Crippen LogP contribution in [0.4, 0.5) is 0 Å². The third-order valence-corrected chi connectivity index (χ3v) is 7.45. The molecule has 0 atom stereocenters. The normalized spacial score (nSPS) is 12.2. The minimum Gasteiger partial charge on any atom is -0.294 e. The number of Topliss-reactive ketones (excluding diaryl/α,β-unsaturated/α-hetero) is 3. The molecule has 7 heteroatoms. The summed E-state index contributed by atoms with van der Waals surface area (Å²) in [7, 11) is 0. The molecule has 0 fully saturated rings. The molecule has 0 radical (unpaired) electrons. The minimum absolute atomic E-state index is 0.0601. The first-order valence-corrected chi connectivity index (χ1v) is 13.2. The Bertz CT molecular complexity index is 1020. The molecule has 0 N–H and O–H groups in total.